The maximum atomic E-state index is 14.1. The van der Waals surface area contributed by atoms with E-state index in [1.165, 1.54) is 19.0 Å². The zero-order chi connectivity index (χ0) is 23.7. The van der Waals surface area contributed by atoms with E-state index in [0.29, 0.717) is 0 Å². The highest BCUT2D eigenvalue weighted by Crippen LogP contribution is 2.45. The first-order valence-corrected chi connectivity index (χ1v) is 12.7. The Balaban J connectivity index is 1.51. The molecule has 2 fully saturated rings. The van der Waals surface area contributed by atoms with Gasteiger partial charge in [0.15, 0.2) is 6.04 Å². The van der Waals surface area contributed by atoms with Crippen LogP contribution in [0.4, 0.5) is 19.0 Å². The smallest absolute Gasteiger partial charge is 0.363 e. The van der Waals surface area contributed by atoms with E-state index in [0.717, 1.165) is 61.6 Å². The van der Waals surface area contributed by atoms with Crippen molar-refractivity contribution in [2.75, 3.05) is 5.32 Å². The Bertz CT molecular complexity index is 960. The Morgan fingerprint density at radius 3 is 2.09 bits per heavy atom. The van der Waals surface area contributed by atoms with Crippen LogP contribution in [0.2, 0.25) is 0 Å². The predicted octanol–water partition coefficient (Wildman–Crippen LogP) is 6.65. The summed E-state index contributed by atoms with van der Waals surface area (Å²) in [5, 5.41) is 7.37. The molecule has 2 atom stereocenters. The number of hydrogen-bond acceptors (Lipinski definition) is 3. The van der Waals surface area contributed by atoms with E-state index in [9.17, 15) is 18.0 Å². The molecule has 34 heavy (non-hydrogen) atoms. The number of anilines is 1. The highest BCUT2D eigenvalue weighted by Gasteiger charge is 2.48. The molecule has 0 spiro atoms. The van der Waals surface area contributed by atoms with E-state index in [-0.39, 0.29) is 35.8 Å². The van der Waals surface area contributed by atoms with Gasteiger partial charge in [-0.1, -0.05) is 68.9 Å². The lowest BCUT2D eigenvalue weighted by Gasteiger charge is -2.42. The molecule has 0 bridgehead atoms. The Hall–Kier alpha value is -2.51. The molecule has 1 amide bonds. The number of hydrogen-bond donors (Lipinski definition) is 1. The van der Waals surface area contributed by atoms with Gasteiger partial charge in [0, 0.05) is 18.5 Å². The third-order valence-electron chi connectivity index (χ3n) is 7.84. The van der Waals surface area contributed by atoms with E-state index in [4.69, 9.17) is 0 Å². The molecule has 0 radical (unpaired) electrons. The van der Waals surface area contributed by atoms with Crippen LogP contribution < -0.4 is 5.32 Å². The second kappa shape index (κ2) is 9.62. The average molecular weight is 475 g/mol. The minimum atomic E-state index is -4.46. The Labute approximate surface area is 198 Å². The van der Waals surface area contributed by atoms with E-state index in [1.807, 2.05) is 35.2 Å². The van der Waals surface area contributed by atoms with Gasteiger partial charge in [0.05, 0.1) is 12.2 Å². The second-order valence-corrected chi connectivity index (χ2v) is 10.0. The summed E-state index contributed by atoms with van der Waals surface area (Å²) >= 11 is 0. The number of nitrogens with zero attached hydrogens (tertiary/aromatic N) is 3. The number of rotatable bonds is 4. The SMILES string of the molecule is O=C(c1cnn2c1N[C@H](c1ccccc1)C[C@H]2C(F)(F)F)N(C1CCCCC1)C1CCCCC1. The van der Waals surface area contributed by atoms with Crippen LogP contribution in [0, 0.1) is 0 Å². The Morgan fingerprint density at radius 1 is 0.941 bits per heavy atom. The number of carbonyl (C=O) groups is 1. The fourth-order valence-corrected chi connectivity index (χ4v) is 6.11. The molecule has 2 heterocycles. The third kappa shape index (κ3) is 4.56. The normalized spacial score (nSPS) is 24.3. The van der Waals surface area contributed by atoms with Crippen LogP contribution in [-0.2, 0) is 0 Å². The standard InChI is InChI=1S/C26H33F3N4O/c27-26(28,29)23-16-22(18-10-4-1-5-11-18)31-24-21(17-30-33(23)24)25(34)32(19-12-6-2-7-13-19)20-14-8-3-9-15-20/h1,4-5,10-11,17,19-20,22-23,31H,2-3,6-9,12-16H2/t22-,23-/m0/s1. The van der Waals surface area contributed by atoms with Crippen molar-refractivity contribution in [3.05, 3.63) is 47.7 Å². The lowest BCUT2D eigenvalue weighted by molar-refractivity contribution is -0.173. The van der Waals surface area contributed by atoms with Gasteiger partial charge in [0.1, 0.15) is 11.4 Å². The van der Waals surface area contributed by atoms with E-state index in [2.05, 4.69) is 10.4 Å². The first-order chi connectivity index (χ1) is 16.4. The van der Waals surface area contributed by atoms with Gasteiger partial charge in [-0.25, -0.2) is 4.68 Å². The zero-order valence-electron chi connectivity index (χ0n) is 19.4. The van der Waals surface area contributed by atoms with Gasteiger partial charge in [-0.05, 0) is 31.2 Å². The van der Waals surface area contributed by atoms with Crippen LogP contribution in [0.25, 0.3) is 0 Å². The van der Waals surface area contributed by atoms with Crippen molar-refractivity contribution in [2.45, 2.75) is 101 Å². The van der Waals surface area contributed by atoms with Gasteiger partial charge in [0.2, 0.25) is 0 Å². The Morgan fingerprint density at radius 2 is 1.53 bits per heavy atom. The van der Waals surface area contributed by atoms with Crippen LogP contribution in [0.15, 0.2) is 36.5 Å². The molecule has 0 saturated heterocycles. The molecule has 2 aromatic rings. The molecule has 2 saturated carbocycles. The molecule has 1 aromatic heterocycles. The summed E-state index contributed by atoms with van der Waals surface area (Å²) in [6.45, 7) is 0. The minimum Gasteiger partial charge on any atom is -0.363 e. The van der Waals surface area contributed by atoms with Gasteiger partial charge in [-0.3, -0.25) is 4.79 Å². The summed E-state index contributed by atoms with van der Waals surface area (Å²) in [7, 11) is 0. The minimum absolute atomic E-state index is 0.159. The molecule has 0 unspecified atom stereocenters. The molecule has 8 heteroatoms. The first kappa shape index (κ1) is 23.2. The predicted molar refractivity (Wildman–Crippen MR) is 125 cm³/mol. The number of benzene rings is 1. The van der Waals surface area contributed by atoms with Crippen molar-refractivity contribution in [1.82, 2.24) is 14.7 Å². The topological polar surface area (TPSA) is 50.2 Å². The number of amides is 1. The highest BCUT2D eigenvalue weighted by atomic mass is 19.4. The van der Waals surface area contributed by atoms with Crippen molar-refractivity contribution >= 4 is 11.7 Å². The largest absolute Gasteiger partial charge is 0.410 e. The number of nitrogens with one attached hydrogen (secondary N) is 1. The zero-order valence-corrected chi connectivity index (χ0v) is 19.4. The van der Waals surface area contributed by atoms with Crippen LogP contribution in [0.1, 0.15) is 98.6 Å². The summed E-state index contributed by atoms with van der Waals surface area (Å²) < 4.78 is 43.2. The molecule has 5 nitrogen and oxygen atoms in total. The number of alkyl halides is 3. The first-order valence-electron chi connectivity index (χ1n) is 12.7. The quantitative estimate of drug-likeness (QED) is 0.540. The molecule has 2 aliphatic carbocycles. The van der Waals surface area contributed by atoms with Crippen LogP contribution >= 0.6 is 0 Å². The average Bonchev–Trinajstić information content (AvgIpc) is 3.29. The molecule has 5 rings (SSSR count). The van der Waals surface area contributed by atoms with Crippen molar-refractivity contribution < 1.29 is 18.0 Å². The maximum Gasteiger partial charge on any atom is 0.410 e. The Kier molecular flexibility index (Phi) is 6.58. The van der Waals surface area contributed by atoms with Gasteiger partial charge >= 0.3 is 6.18 Å². The number of halogens is 3. The third-order valence-corrected chi connectivity index (χ3v) is 7.84. The monoisotopic (exact) mass is 474 g/mol. The van der Waals surface area contributed by atoms with Crippen molar-refractivity contribution in [1.29, 1.82) is 0 Å². The summed E-state index contributed by atoms with van der Waals surface area (Å²) in [5.41, 5.74) is 1.05. The summed E-state index contributed by atoms with van der Waals surface area (Å²) in [6.07, 6.45) is 7.36. The number of fused-ring (bicyclic) bond motifs is 1. The van der Waals surface area contributed by atoms with Gasteiger partial charge < -0.3 is 10.2 Å². The maximum absolute atomic E-state index is 14.1. The summed E-state index contributed by atoms with van der Waals surface area (Å²) in [5.74, 6) is 0.0335. The van der Waals surface area contributed by atoms with Gasteiger partial charge in [-0.15, -0.1) is 0 Å². The lowest BCUT2D eigenvalue weighted by atomic mass is 9.88. The molecule has 184 valence electrons. The van der Waals surface area contributed by atoms with Gasteiger partial charge in [-0.2, -0.15) is 18.3 Å². The lowest BCUT2D eigenvalue weighted by Crippen LogP contribution is -2.49. The fourth-order valence-electron chi connectivity index (χ4n) is 6.11. The van der Waals surface area contributed by atoms with Crippen molar-refractivity contribution in [2.24, 2.45) is 0 Å². The molecular weight excluding hydrogens is 441 g/mol. The molecular formula is C26H33F3N4O. The van der Waals surface area contributed by atoms with Crippen LogP contribution in [0.5, 0.6) is 0 Å². The number of aromatic nitrogens is 2. The molecule has 1 aromatic carbocycles. The molecule has 3 aliphatic rings. The summed E-state index contributed by atoms with van der Waals surface area (Å²) in [6, 6.07) is 7.16. The van der Waals surface area contributed by atoms with E-state index >= 15 is 0 Å². The fraction of sp³-hybridized carbons (Fsp3) is 0.615. The van der Waals surface area contributed by atoms with Crippen molar-refractivity contribution in [3.8, 4) is 0 Å². The second-order valence-electron chi connectivity index (χ2n) is 10.0. The summed E-state index contributed by atoms with van der Waals surface area (Å²) in [4.78, 5) is 16.1. The van der Waals surface area contributed by atoms with Gasteiger partial charge in [0.25, 0.3) is 5.91 Å². The van der Waals surface area contributed by atoms with Crippen molar-refractivity contribution in [3.63, 3.8) is 0 Å². The van der Waals surface area contributed by atoms with Crippen LogP contribution in [0.3, 0.4) is 0 Å². The molecule has 1 aliphatic heterocycles. The van der Waals surface area contributed by atoms with Crippen LogP contribution in [-0.4, -0.2) is 38.8 Å². The molecule has 1 N–H and O–H groups in total. The van der Waals surface area contributed by atoms with E-state index in [1.54, 1.807) is 0 Å². The van der Waals surface area contributed by atoms with E-state index < -0.39 is 18.3 Å². The number of carbonyl (C=O) groups excluding carboxylic acids is 1. The highest BCUT2D eigenvalue weighted by molar-refractivity contribution is 5.99.